The Labute approximate surface area is 204 Å². The molecule has 0 aliphatic carbocycles. The van der Waals surface area contributed by atoms with Gasteiger partial charge < -0.3 is 9.84 Å². The highest BCUT2D eigenvalue weighted by Crippen LogP contribution is 2.35. The Bertz CT molecular complexity index is 1170. The van der Waals surface area contributed by atoms with Crippen LogP contribution in [0.5, 0.6) is 11.5 Å². The largest absolute Gasteiger partial charge is 0.480 e. The minimum atomic E-state index is -4.10. The van der Waals surface area contributed by atoms with Crippen LogP contribution in [-0.4, -0.2) is 35.3 Å². The van der Waals surface area contributed by atoms with Gasteiger partial charge in [0.2, 0.25) is 10.0 Å². The Kier molecular flexibility index (Phi) is 7.80. The first kappa shape index (κ1) is 24.5. The molecule has 0 aliphatic heterocycles. The second-order valence-electron chi connectivity index (χ2n) is 7.29. The van der Waals surface area contributed by atoms with Gasteiger partial charge in [0, 0.05) is 14.5 Å². The molecule has 3 rings (SSSR count). The lowest BCUT2D eigenvalue weighted by Crippen LogP contribution is -2.52. The third kappa shape index (κ3) is 6.44. The second kappa shape index (κ2) is 10.2. The number of carbonyl (C=O) groups is 1. The monoisotopic (exact) mass is 584 g/mol. The van der Waals surface area contributed by atoms with Gasteiger partial charge in [-0.3, -0.25) is 4.79 Å². The number of thioether (sulfide) groups is 1. The van der Waals surface area contributed by atoms with E-state index in [1.807, 2.05) is 24.3 Å². The number of halogens is 1. The summed E-state index contributed by atoms with van der Waals surface area (Å²) in [5.74, 6) is -0.190. The van der Waals surface area contributed by atoms with Gasteiger partial charge in [-0.1, -0.05) is 17.8 Å². The smallest absolute Gasteiger partial charge is 0.323 e. The predicted molar refractivity (Wildman–Crippen MR) is 132 cm³/mol. The van der Waals surface area contributed by atoms with Crippen LogP contribution in [-0.2, 0) is 14.8 Å². The maximum absolute atomic E-state index is 12.9. The lowest BCUT2D eigenvalue weighted by atomic mass is 10.1. The molecule has 0 spiro atoms. The zero-order valence-corrected chi connectivity index (χ0v) is 21.0. The first-order valence-corrected chi connectivity index (χ1v) is 12.8. The molecule has 168 valence electrons. The number of ether oxygens (including phenoxy) is 1. The van der Waals surface area contributed by atoms with E-state index in [9.17, 15) is 18.3 Å². The van der Waals surface area contributed by atoms with Crippen LogP contribution in [0.4, 0.5) is 0 Å². The van der Waals surface area contributed by atoms with Crippen molar-refractivity contribution in [2.45, 2.75) is 34.6 Å². The van der Waals surface area contributed by atoms with E-state index in [0.717, 1.165) is 3.57 Å². The minimum absolute atomic E-state index is 0.0580. The molecule has 0 amide bonds. The van der Waals surface area contributed by atoms with Crippen molar-refractivity contribution >= 4 is 50.3 Å². The molecule has 2 N–H and O–H groups in total. The summed E-state index contributed by atoms with van der Waals surface area (Å²) in [6.07, 6.45) is 1.60. The molecule has 10 heteroatoms. The molecule has 0 bridgehead atoms. The number of hydrogen-bond donors (Lipinski definition) is 2. The van der Waals surface area contributed by atoms with Crippen molar-refractivity contribution in [1.29, 1.82) is 0 Å². The summed E-state index contributed by atoms with van der Waals surface area (Å²) in [6.45, 7) is 3.32. The van der Waals surface area contributed by atoms with Crippen LogP contribution in [0, 0.1) is 3.57 Å². The second-order valence-corrected chi connectivity index (χ2v) is 11.9. The average molecular weight is 584 g/mol. The van der Waals surface area contributed by atoms with Crippen LogP contribution in [0.1, 0.15) is 13.8 Å². The van der Waals surface area contributed by atoms with E-state index in [4.69, 9.17) is 4.74 Å². The van der Waals surface area contributed by atoms with E-state index >= 15 is 0 Å². The molecule has 0 saturated heterocycles. The number of nitrogens with zero attached hydrogens (tertiary/aromatic N) is 1. The molecule has 3 aromatic rings. The molecule has 1 heterocycles. The van der Waals surface area contributed by atoms with Crippen molar-refractivity contribution in [3.63, 3.8) is 0 Å². The first-order chi connectivity index (χ1) is 15.1. The fraction of sp³-hybridized carbons (Fsp3) is 0.182. The number of rotatable bonds is 9. The highest BCUT2D eigenvalue weighted by molar-refractivity contribution is 14.1. The third-order valence-corrected chi connectivity index (χ3v) is 7.77. The summed E-state index contributed by atoms with van der Waals surface area (Å²) in [7, 11) is -4.10. The predicted octanol–water partition coefficient (Wildman–Crippen LogP) is 4.78. The van der Waals surface area contributed by atoms with Crippen molar-refractivity contribution in [3.05, 3.63) is 76.5 Å². The summed E-state index contributed by atoms with van der Waals surface area (Å²) in [5.41, 5.74) is 0. The Morgan fingerprint density at radius 1 is 1.06 bits per heavy atom. The number of pyridine rings is 1. The number of aliphatic carboxylic acids is 1. The molecular weight excluding hydrogens is 563 g/mol. The number of nitrogens with one attached hydrogen (secondary N) is 1. The maximum atomic E-state index is 12.9. The summed E-state index contributed by atoms with van der Waals surface area (Å²) in [5, 5.41) is 10.3. The van der Waals surface area contributed by atoms with Crippen LogP contribution in [0.3, 0.4) is 0 Å². The van der Waals surface area contributed by atoms with Gasteiger partial charge in [0.15, 0.2) is 0 Å². The van der Waals surface area contributed by atoms with E-state index in [1.165, 1.54) is 36.0 Å². The van der Waals surface area contributed by atoms with Gasteiger partial charge in [-0.15, -0.1) is 0 Å². The van der Waals surface area contributed by atoms with Gasteiger partial charge in [0.25, 0.3) is 0 Å². The molecule has 1 unspecified atom stereocenters. The molecule has 0 radical (unpaired) electrons. The van der Waals surface area contributed by atoms with Crippen LogP contribution >= 0.6 is 34.4 Å². The van der Waals surface area contributed by atoms with Gasteiger partial charge >= 0.3 is 5.97 Å². The molecular formula is C22H21IN2O5S2. The van der Waals surface area contributed by atoms with Gasteiger partial charge in [0.05, 0.1) is 9.92 Å². The molecule has 2 aromatic carbocycles. The van der Waals surface area contributed by atoms with Gasteiger partial charge in [-0.25, -0.2) is 13.4 Å². The number of carboxylic acids is 1. The highest BCUT2D eigenvalue weighted by atomic mass is 127. The Morgan fingerprint density at radius 3 is 2.19 bits per heavy atom. The summed E-state index contributed by atoms with van der Waals surface area (Å²) in [6, 6.07) is 17.1. The zero-order valence-electron chi connectivity index (χ0n) is 17.2. The molecule has 7 nitrogen and oxygen atoms in total. The van der Waals surface area contributed by atoms with Gasteiger partial charge in [-0.2, -0.15) is 4.72 Å². The standard InChI is InChI=1S/C22H21IN2O5S2/c1-22(2,31-19-5-3-4-14-24-19)20(21(26)27)25-32(28,29)18-12-10-17(11-13-18)30-16-8-6-15(23)7-9-16/h3-14,20,25H,1-2H3,(H,26,27). The molecule has 1 atom stereocenters. The highest BCUT2D eigenvalue weighted by Gasteiger charge is 2.40. The Morgan fingerprint density at radius 2 is 1.66 bits per heavy atom. The lowest BCUT2D eigenvalue weighted by molar-refractivity contribution is -0.139. The number of hydrogen-bond acceptors (Lipinski definition) is 6. The lowest BCUT2D eigenvalue weighted by Gasteiger charge is -2.30. The molecule has 0 saturated carbocycles. The Balaban J connectivity index is 1.76. The summed E-state index contributed by atoms with van der Waals surface area (Å²) >= 11 is 3.37. The minimum Gasteiger partial charge on any atom is -0.480 e. The van der Waals surface area contributed by atoms with E-state index in [-0.39, 0.29) is 4.90 Å². The first-order valence-electron chi connectivity index (χ1n) is 9.45. The number of aromatic nitrogens is 1. The quantitative estimate of drug-likeness (QED) is 0.276. The van der Waals surface area contributed by atoms with E-state index in [1.54, 1.807) is 38.2 Å². The molecule has 0 fully saturated rings. The fourth-order valence-corrected chi connectivity index (χ4v) is 5.62. The summed E-state index contributed by atoms with van der Waals surface area (Å²) in [4.78, 5) is 16.1. The van der Waals surface area contributed by atoms with Crippen molar-refractivity contribution in [2.75, 3.05) is 0 Å². The normalized spacial score (nSPS) is 12.8. The van der Waals surface area contributed by atoms with E-state index < -0.39 is 26.8 Å². The topological polar surface area (TPSA) is 106 Å². The van der Waals surface area contributed by atoms with Crippen molar-refractivity contribution in [1.82, 2.24) is 9.71 Å². The van der Waals surface area contributed by atoms with Gasteiger partial charge in [0.1, 0.15) is 17.5 Å². The van der Waals surface area contributed by atoms with Crippen LogP contribution in [0.2, 0.25) is 0 Å². The molecule has 32 heavy (non-hydrogen) atoms. The zero-order chi connectivity index (χ0) is 23.4. The number of carboxylic acid groups (broad SMARTS) is 1. The maximum Gasteiger partial charge on any atom is 0.323 e. The number of sulfonamides is 1. The third-order valence-electron chi connectivity index (χ3n) is 4.40. The van der Waals surface area contributed by atoms with Crippen molar-refractivity contribution < 1.29 is 23.1 Å². The van der Waals surface area contributed by atoms with Crippen molar-refractivity contribution in [2.24, 2.45) is 0 Å². The van der Waals surface area contributed by atoms with E-state index in [2.05, 4.69) is 32.3 Å². The molecule has 1 aromatic heterocycles. The van der Waals surface area contributed by atoms with Crippen LogP contribution < -0.4 is 9.46 Å². The molecule has 0 aliphatic rings. The number of benzene rings is 2. The van der Waals surface area contributed by atoms with Crippen LogP contribution in [0.25, 0.3) is 0 Å². The van der Waals surface area contributed by atoms with Crippen molar-refractivity contribution in [3.8, 4) is 11.5 Å². The Hall–Kier alpha value is -2.15. The average Bonchev–Trinajstić information content (AvgIpc) is 2.74. The SMILES string of the molecule is CC(C)(Sc1ccccn1)C(NS(=O)(=O)c1ccc(Oc2ccc(I)cc2)cc1)C(=O)O. The summed E-state index contributed by atoms with van der Waals surface area (Å²) < 4.78 is 33.9. The van der Waals surface area contributed by atoms with Crippen LogP contribution in [0.15, 0.2) is 82.8 Å². The van der Waals surface area contributed by atoms with Gasteiger partial charge in [-0.05, 0) is 97.1 Å². The van der Waals surface area contributed by atoms with E-state index in [0.29, 0.717) is 16.5 Å². The fourth-order valence-electron chi connectivity index (χ4n) is 2.77.